The minimum Gasteiger partial charge on any atom is -0.379 e. The van der Waals surface area contributed by atoms with E-state index >= 15 is 0 Å². The first-order valence-corrected chi connectivity index (χ1v) is 13.4. The molecule has 190 valence electrons. The van der Waals surface area contributed by atoms with Gasteiger partial charge in [0.05, 0.1) is 12.2 Å². The van der Waals surface area contributed by atoms with Gasteiger partial charge in [-0.25, -0.2) is 9.97 Å². The molecule has 0 unspecified atom stereocenters. The van der Waals surface area contributed by atoms with Gasteiger partial charge in [-0.2, -0.15) is 0 Å². The molecule has 37 heavy (non-hydrogen) atoms. The number of imidazole rings is 1. The molecule has 2 saturated carbocycles. The summed E-state index contributed by atoms with van der Waals surface area (Å²) in [4.78, 5) is 22.1. The van der Waals surface area contributed by atoms with Crippen LogP contribution in [0.1, 0.15) is 53.5 Å². The number of halogens is 1. The Bertz CT molecular complexity index is 1450. The molecule has 0 radical (unpaired) electrons. The molecule has 0 aliphatic heterocycles. The number of carbonyl (C=O) groups excluding carboxylic acids is 1. The minimum absolute atomic E-state index is 0.00413. The normalized spacial score (nSPS) is 18.6. The molecule has 8 heteroatoms. The Balaban J connectivity index is 1.10. The third-order valence-corrected chi connectivity index (χ3v) is 7.52. The largest absolute Gasteiger partial charge is 0.379 e. The van der Waals surface area contributed by atoms with Gasteiger partial charge < -0.3 is 20.4 Å². The first-order valence-electron chi connectivity index (χ1n) is 13.0. The van der Waals surface area contributed by atoms with Crippen molar-refractivity contribution < 1.29 is 4.79 Å². The molecule has 1 amide bonds. The number of hydrogen-bond donors (Lipinski definition) is 3. The maximum Gasteiger partial charge on any atom is 0.229 e. The Kier molecular flexibility index (Phi) is 6.57. The van der Waals surface area contributed by atoms with Crippen LogP contribution >= 0.6 is 11.6 Å². The van der Waals surface area contributed by atoms with Crippen molar-refractivity contribution in [3.8, 4) is 0 Å². The van der Waals surface area contributed by atoms with Gasteiger partial charge in [0.2, 0.25) is 5.91 Å². The summed E-state index contributed by atoms with van der Waals surface area (Å²) in [5, 5.41) is 10.4. The molecule has 4 aromatic rings. The van der Waals surface area contributed by atoms with Gasteiger partial charge in [0, 0.05) is 41.3 Å². The van der Waals surface area contributed by atoms with Crippen LogP contribution in [0.25, 0.3) is 5.65 Å². The van der Waals surface area contributed by atoms with Crippen molar-refractivity contribution in [1.29, 1.82) is 0 Å². The average molecular weight is 515 g/mol. The molecule has 0 bridgehead atoms. The summed E-state index contributed by atoms with van der Waals surface area (Å²) in [5.74, 6) is 1.41. The number of hydrogen-bond acceptors (Lipinski definition) is 5. The van der Waals surface area contributed by atoms with Crippen molar-refractivity contribution in [2.75, 3.05) is 24.2 Å². The van der Waals surface area contributed by atoms with Gasteiger partial charge in [-0.1, -0.05) is 29.8 Å². The third-order valence-electron chi connectivity index (χ3n) is 7.28. The van der Waals surface area contributed by atoms with Crippen molar-refractivity contribution in [1.82, 2.24) is 19.7 Å². The second-order valence-corrected chi connectivity index (χ2v) is 10.6. The topological polar surface area (TPSA) is 83.4 Å². The average Bonchev–Trinajstić information content (AvgIpc) is 3.82. The number of pyridine rings is 2. The van der Waals surface area contributed by atoms with E-state index in [1.165, 1.54) is 24.0 Å². The molecule has 0 spiro atoms. The molecule has 1 aromatic carbocycles. The predicted molar refractivity (Wildman–Crippen MR) is 147 cm³/mol. The Labute approximate surface area is 221 Å². The number of rotatable bonds is 10. The van der Waals surface area contributed by atoms with E-state index in [0.29, 0.717) is 23.3 Å². The third kappa shape index (κ3) is 5.48. The highest BCUT2D eigenvalue weighted by Crippen LogP contribution is 2.48. The van der Waals surface area contributed by atoms with Crippen LogP contribution in [0.2, 0.25) is 5.02 Å². The van der Waals surface area contributed by atoms with Crippen molar-refractivity contribution in [2.45, 2.75) is 44.1 Å². The van der Waals surface area contributed by atoms with Crippen LogP contribution in [0.5, 0.6) is 0 Å². The molecule has 3 heterocycles. The Morgan fingerprint density at radius 2 is 2.03 bits per heavy atom. The molecule has 0 saturated heterocycles. The second-order valence-electron chi connectivity index (χ2n) is 10.2. The fourth-order valence-electron chi connectivity index (χ4n) is 5.02. The van der Waals surface area contributed by atoms with Gasteiger partial charge in [0.15, 0.2) is 0 Å². The first-order chi connectivity index (χ1) is 18.1. The highest BCUT2D eigenvalue weighted by Gasteiger charge is 2.44. The van der Waals surface area contributed by atoms with Gasteiger partial charge in [-0.3, -0.25) is 4.79 Å². The summed E-state index contributed by atoms with van der Waals surface area (Å²) in [6.45, 7) is 1.51. The smallest absolute Gasteiger partial charge is 0.229 e. The van der Waals surface area contributed by atoms with Gasteiger partial charge in [0.25, 0.3) is 0 Å². The van der Waals surface area contributed by atoms with Crippen molar-refractivity contribution in [3.05, 3.63) is 88.5 Å². The lowest BCUT2D eigenvalue weighted by Crippen LogP contribution is -2.15. The number of benzene rings is 1. The minimum atomic E-state index is -0.0486. The number of carbonyl (C=O) groups is 1. The molecule has 6 rings (SSSR count). The van der Waals surface area contributed by atoms with Gasteiger partial charge in [-0.15, -0.1) is 0 Å². The van der Waals surface area contributed by atoms with Crippen LogP contribution < -0.4 is 16.0 Å². The summed E-state index contributed by atoms with van der Waals surface area (Å²) in [6.07, 6.45) is 10.4. The zero-order chi connectivity index (χ0) is 25.4. The lowest BCUT2D eigenvalue weighted by atomic mass is 10.1. The standard InChI is InChI=1S/C29H31ClN6O/c1-31-9-7-20-11-21(18-5-6-18)16-36-17-24(34-28(20)36)15-33-23-8-10-32-27(13-23)35-29(37)26-14-25(26)19-3-2-4-22(30)12-19/h2-4,8,10-13,16-18,25-26,31H,5-7,9,14-15H2,1H3,(H2,32,33,35,37)/t25-,26+/m1/s1. The van der Waals surface area contributed by atoms with Gasteiger partial charge in [-0.05, 0) is 86.0 Å². The molecule has 3 aromatic heterocycles. The highest BCUT2D eigenvalue weighted by atomic mass is 35.5. The SMILES string of the molecule is CNCCc1cc(C2CC2)cn2cc(CNc3ccnc(NC(=O)[C@H]4C[C@@H]4c4cccc(Cl)c4)c3)nc12. The van der Waals surface area contributed by atoms with E-state index < -0.39 is 0 Å². The van der Waals surface area contributed by atoms with Gasteiger partial charge >= 0.3 is 0 Å². The number of anilines is 2. The molecule has 2 aliphatic rings. The molecule has 2 fully saturated rings. The summed E-state index contributed by atoms with van der Waals surface area (Å²) in [6, 6.07) is 13.9. The molecule has 7 nitrogen and oxygen atoms in total. The van der Waals surface area contributed by atoms with Gasteiger partial charge in [0.1, 0.15) is 11.5 Å². The number of likely N-dealkylation sites (N-methyl/N-ethyl adjacent to an activating group) is 1. The monoisotopic (exact) mass is 514 g/mol. The highest BCUT2D eigenvalue weighted by molar-refractivity contribution is 6.30. The lowest BCUT2D eigenvalue weighted by molar-refractivity contribution is -0.117. The zero-order valence-corrected chi connectivity index (χ0v) is 21.6. The van der Waals surface area contributed by atoms with E-state index in [0.717, 1.165) is 42.0 Å². The lowest BCUT2D eigenvalue weighted by Gasteiger charge is -2.08. The number of nitrogens with one attached hydrogen (secondary N) is 3. The van der Waals surface area contributed by atoms with Crippen molar-refractivity contribution in [2.24, 2.45) is 5.92 Å². The predicted octanol–water partition coefficient (Wildman–Crippen LogP) is 5.38. The fourth-order valence-corrected chi connectivity index (χ4v) is 5.22. The van der Waals surface area contributed by atoms with Crippen LogP contribution in [-0.2, 0) is 17.8 Å². The van der Waals surface area contributed by atoms with Crippen molar-refractivity contribution in [3.63, 3.8) is 0 Å². The summed E-state index contributed by atoms with van der Waals surface area (Å²) in [5.41, 5.74) is 6.70. The molecular formula is C29H31ClN6O. The number of fused-ring (bicyclic) bond motifs is 1. The molecule has 2 atom stereocenters. The van der Waals surface area contributed by atoms with E-state index in [2.05, 4.69) is 43.8 Å². The van der Waals surface area contributed by atoms with E-state index in [9.17, 15) is 4.79 Å². The number of amides is 1. The van der Waals surface area contributed by atoms with E-state index in [1.54, 1.807) is 6.20 Å². The van der Waals surface area contributed by atoms with E-state index in [4.69, 9.17) is 16.6 Å². The van der Waals surface area contributed by atoms with Crippen LogP contribution in [0.15, 0.2) is 61.1 Å². The maximum absolute atomic E-state index is 12.8. The second kappa shape index (κ2) is 10.1. The zero-order valence-electron chi connectivity index (χ0n) is 20.9. The van der Waals surface area contributed by atoms with Crippen molar-refractivity contribution >= 4 is 34.7 Å². The van der Waals surface area contributed by atoms with Crippen LogP contribution in [0.3, 0.4) is 0 Å². The summed E-state index contributed by atoms with van der Waals surface area (Å²) < 4.78 is 2.18. The molecule has 3 N–H and O–H groups in total. The number of aromatic nitrogens is 3. The fraction of sp³-hybridized carbons (Fsp3) is 0.345. The quantitative estimate of drug-likeness (QED) is 0.265. The number of nitrogens with zero attached hydrogens (tertiary/aromatic N) is 3. The molecular weight excluding hydrogens is 484 g/mol. The van der Waals surface area contributed by atoms with Crippen LogP contribution in [0, 0.1) is 5.92 Å². The van der Waals surface area contributed by atoms with E-state index in [-0.39, 0.29) is 17.7 Å². The Morgan fingerprint density at radius 3 is 2.84 bits per heavy atom. The summed E-state index contributed by atoms with van der Waals surface area (Å²) >= 11 is 6.11. The Morgan fingerprint density at radius 1 is 1.14 bits per heavy atom. The Hall–Kier alpha value is -3.42. The van der Waals surface area contributed by atoms with Crippen LogP contribution in [0.4, 0.5) is 11.5 Å². The molecule has 2 aliphatic carbocycles. The van der Waals surface area contributed by atoms with Crippen LogP contribution in [-0.4, -0.2) is 33.9 Å². The first kappa shape index (κ1) is 23.9. The van der Waals surface area contributed by atoms with E-state index in [1.807, 2.05) is 43.4 Å². The summed E-state index contributed by atoms with van der Waals surface area (Å²) in [7, 11) is 1.98. The maximum atomic E-state index is 12.8.